The molecule has 5 heteroatoms. The van der Waals surface area contributed by atoms with Crippen molar-refractivity contribution in [3.05, 3.63) is 41.6 Å². The standard InChI is InChI=1S/C11H12N4O/c12-7-4-2-1-3-6(7)10(16)9-5-8(13)11(14)15-9/h1-5,15H,12-14H2. The molecule has 0 amide bonds. The third-order valence-corrected chi connectivity index (χ3v) is 2.33. The third kappa shape index (κ3) is 1.58. The topological polar surface area (TPSA) is 111 Å². The summed E-state index contributed by atoms with van der Waals surface area (Å²) in [7, 11) is 0. The fourth-order valence-corrected chi connectivity index (χ4v) is 1.46. The van der Waals surface area contributed by atoms with Gasteiger partial charge in [0.15, 0.2) is 0 Å². The van der Waals surface area contributed by atoms with E-state index in [-0.39, 0.29) is 11.6 Å². The van der Waals surface area contributed by atoms with Crippen LogP contribution in [0.25, 0.3) is 0 Å². The Balaban J connectivity index is 2.43. The second kappa shape index (κ2) is 3.62. The number of carbonyl (C=O) groups is 1. The molecule has 1 heterocycles. The first-order valence-electron chi connectivity index (χ1n) is 4.72. The van der Waals surface area contributed by atoms with Gasteiger partial charge in [0.1, 0.15) is 5.82 Å². The molecule has 0 bridgehead atoms. The molecule has 0 saturated carbocycles. The molecule has 5 nitrogen and oxygen atoms in total. The van der Waals surface area contributed by atoms with Crippen LogP contribution in [0.15, 0.2) is 30.3 Å². The van der Waals surface area contributed by atoms with Gasteiger partial charge in [0, 0.05) is 11.3 Å². The molecule has 0 saturated heterocycles. The second-order valence-electron chi connectivity index (χ2n) is 3.47. The van der Waals surface area contributed by atoms with E-state index in [2.05, 4.69) is 4.98 Å². The highest BCUT2D eigenvalue weighted by Gasteiger charge is 2.14. The van der Waals surface area contributed by atoms with Gasteiger partial charge in [-0.05, 0) is 18.2 Å². The lowest BCUT2D eigenvalue weighted by Gasteiger charge is -2.01. The average molecular weight is 216 g/mol. The van der Waals surface area contributed by atoms with E-state index in [9.17, 15) is 4.79 Å². The van der Waals surface area contributed by atoms with Gasteiger partial charge in [-0.3, -0.25) is 4.79 Å². The van der Waals surface area contributed by atoms with Crippen molar-refractivity contribution in [1.29, 1.82) is 0 Å². The van der Waals surface area contributed by atoms with Gasteiger partial charge in [-0.1, -0.05) is 12.1 Å². The Morgan fingerprint density at radius 3 is 2.31 bits per heavy atom. The Hall–Kier alpha value is -2.43. The average Bonchev–Trinajstić information content (AvgIpc) is 2.59. The number of benzene rings is 1. The van der Waals surface area contributed by atoms with Gasteiger partial charge in [0.05, 0.1) is 11.4 Å². The minimum atomic E-state index is -0.221. The van der Waals surface area contributed by atoms with Crippen molar-refractivity contribution in [2.45, 2.75) is 0 Å². The Kier molecular flexibility index (Phi) is 2.28. The molecule has 82 valence electrons. The molecule has 1 aromatic carbocycles. The summed E-state index contributed by atoms with van der Waals surface area (Å²) in [6.45, 7) is 0. The summed E-state index contributed by atoms with van der Waals surface area (Å²) in [6, 6.07) is 8.35. The zero-order valence-corrected chi connectivity index (χ0v) is 8.53. The van der Waals surface area contributed by atoms with Gasteiger partial charge >= 0.3 is 0 Å². The maximum atomic E-state index is 12.0. The molecule has 0 aliphatic carbocycles. The Bertz CT molecular complexity index is 525. The highest BCUT2D eigenvalue weighted by molar-refractivity contribution is 6.11. The van der Waals surface area contributed by atoms with Gasteiger partial charge < -0.3 is 22.2 Å². The van der Waals surface area contributed by atoms with E-state index in [1.807, 2.05) is 0 Å². The van der Waals surface area contributed by atoms with E-state index >= 15 is 0 Å². The van der Waals surface area contributed by atoms with Crippen molar-refractivity contribution < 1.29 is 4.79 Å². The molecule has 16 heavy (non-hydrogen) atoms. The largest absolute Gasteiger partial charge is 0.398 e. The highest BCUT2D eigenvalue weighted by atomic mass is 16.1. The van der Waals surface area contributed by atoms with Crippen LogP contribution in [0.4, 0.5) is 17.2 Å². The number of aromatic nitrogens is 1. The van der Waals surface area contributed by atoms with Gasteiger partial charge in [0.25, 0.3) is 0 Å². The predicted octanol–water partition coefficient (Wildman–Crippen LogP) is 0.992. The van der Waals surface area contributed by atoms with E-state index in [0.29, 0.717) is 22.6 Å². The van der Waals surface area contributed by atoms with Gasteiger partial charge in [-0.25, -0.2) is 0 Å². The summed E-state index contributed by atoms with van der Waals surface area (Å²) < 4.78 is 0. The summed E-state index contributed by atoms with van der Waals surface area (Å²) >= 11 is 0. The van der Waals surface area contributed by atoms with Crippen molar-refractivity contribution in [1.82, 2.24) is 4.98 Å². The lowest BCUT2D eigenvalue weighted by atomic mass is 10.1. The maximum absolute atomic E-state index is 12.0. The molecule has 0 aliphatic heterocycles. The quantitative estimate of drug-likeness (QED) is 0.443. The molecule has 0 atom stereocenters. The van der Waals surface area contributed by atoms with Gasteiger partial charge in [0.2, 0.25) is 5.78 Å². The summed E-state index contributed by atoms with van der Waals surface area (Å²) in [5.74, 6) is 0.0688. The number of hydrogen-bond donors (Lipinski definition) is 4. The van der Waals surface area contributed by atoms with Crippen molar-refractivity contribution >= 4 is 23.0 Å². The van der Waals surface area contributed by atoms with Crippen molar-refractivity contribution in [3.8, 4) is 0 Å². The molecular weight excluding hydrogens is 204 g/mol. The molecule has 2 aromatic rings. The van der Waals surface area contributed by atoms with Gasteiger partial charge in [-0.15, -0.1) is 0 Å². The minimum absolute atomic E-state index is 0.221. The summed E-state index contributed by atoms with van der Waals surface area (Å²) in [6.07, 6.45) is 0. The SMILES string of the molecule is Nc1ccccc1C(=O)c1cc(N)c(N)[nH]1. The number of hydrogen-bond acceptors (Lipinski definition) is 4. The maximum Gasteiger partial charge on any atom is 0.211 e. The van der Waals surface area contributed by atoms with E-state index in [1.54, 1.807) is 24.3 Å². The lowest BCUT2D eigenvalue weighted by Crippen LogP contribution is -2.05. The summed E-state index contributed by atoms with van der Waals surface area (Å²) in [4.78, 5) is 14.7. The van der Waals surface area contributed by atoms with Crippen molar-refractivity contribution in [2.75, 3.05) is 17.2 Å². The predicted molar refractivity (Wildman–Crippen MR) is 63.9 cm³/mol. The molecule has 0 fully saturated rings. The number of nitrogens with one attached hydrogen (secondary N) is 1. The van der Waals surface area contributed by atoms with Crippen LogP contribution in [0.5, 0.6) is 0 Å². The number of rotatable bonds is 2. The number of ketones is 1. The van der Waals surface area contributed by atoms with Crippen LogP contribution in [0.2, 0.25) is 0 Å². The number of nitrogens with two attached hydrogens (primary N) is 3. The van der Waals surface area contributed by atoms with Gasteiger partial charge in [-0.2, -0.15) is 0 Å². The van der Waals surface area contributed by atoms with E-state index in [1.165, 1.54) is 6.07 Å². The van der Waals surface area contributed by atoms with E-state index in [4.69, 9.17) is 17.2 Å². The van der Waals surface area contributed by atoms with Crippen molar-refractivity contribution in [3.63, 3.8) is 0 Å². The zero-order valence-electron chi connectivity index (χ0n) is 8.53. The zero-order chi connectivity index (χ0) is 11.7. The number of H-pyrrole nitrogens is 1. The fraction of sp³-hybridized carbons (Fsp3) is 0. The Morgan fingerprint density at radius 1 is 1.06 bits per heavy atom. The number of anilines is 3. The first-order valence-corrected chi connectivity index (χ1v) is 4.72. The number of para-hydroxylation sites is 1. The Morgan fingerprint density at radius 2 is 1.75 bits per heavy atom. The van der Waals surface area contributed by atoms with E-state index in [0.717, 1.165) is 0 Å². The highest BCUT2D eigenvalue weighted by Crippen LogP contribution is 2.20. The Labute approximate surface area is 92.2 Å². The normalized spacial score (nSPS) is 10.2. The molecule has 7 N–H and O–H groups in total. The molecule has 0 unspecified atom stereocenters. The molecule has 2 rings (SSSR count). The second-order valence-corrected chi connectivity index (χ2v) is 3.47. The van der Waals surface area contributed by atoms with Crippen LogP contribution in [0.3, 0.4) is 0 Å². The molecule has 0 spiro atoms. The number of aromatic amines is 1. The van der Waals surface area contributed by atoms with Crippen LogP contribution in [0.1, 0.15) is 16.1 Å². The first-order chi connectivity index (χ1) is 7.59. The number of carbonyl (C=O) groups excluding carboxylic acids is 1. The van der Waals surface area contributed by atoms with Crippen molar-refractivity contribution in [2.24, 2.45) is 0 Å². The smallest absolute Gasteiger partial charge is 0.211 e. The van der Waals surface area contributed by atoms with Crippen LogP contribution < -0.4 is 17.2 Å². The molecule has 1 aromatic heterocycles. The summed E-state index contributed by atoms with van der Waals surface area (Å²) in [5.41, 5.74) is 18.4. The van der Waals surface area contributed by atoms with Crippen LogP contribution in [-0.2, 0) is 0 Å². The lowest BCUT2D eigenvalue weighted by molar-refractivity contribution is 0.103. The molecule has 0 radical (unpaired) electrons. The van der Waals surface area contributed by atoms with Crippen LogP contribution >= 0.6 is 0 Å². The fourth-order valence-electron chi connectivity index (χ4n) is 1.46. The number of nitrogen functional groups attached to an aromatic ring is 3. The molecular formula is C11H12N4O. The monoisotopic (exact) mass is 216 g/mol. The summed E-state index contributed by atoms with van der Waals surface area (Å²) in [5, 5.41) is 0. The van der Waals surface area contributed by atoms with E-state index < -0.39 is 0 Å². The minimum Gasteiger partial charge on any atom is -0.398 e. The first kappa shape index (κ1) is 10.1. The third-order valence-electron chi connectivity index (χ3n) is 2.33. The molecule has 0 aliphatic rings. The van der Waals surface area contributed by atoms with Crippen LogP contribution in [0, 0.1) is 0 Å². The van der Waals surface area contributed by atoms with Crippen LogP contribution in [-0.4, -0.2) is 10.8 Å².